The minimum atomic E-state index is -0.484. The van der Waals surface area contributed by atoms with Crippen molar-refractivity contribution in [3.8, 4) is 17.4 Å². The largest absolute Gasteiger partial charge is 0.489 e. The molecule has 21 heavy (non-hydrogen) atoms. The number of non-ortho nitro benzene ring substituents is 1. The first kappa shape index (κ1) is 14.5. The van der Waals surface area contributed by atoms with E-state index in [1.54, 1.807) is 20.0 Å². The van der Waals surface area contributed by atoms with Crippen molar-refractivity contribution in [2.75, 3.05) is 19.5 Å². The van der Waals surface area contributed by atoms with E-state index >= 15 is 0 Å². The number of hydrogen-bond acceptors (Lipinski definition) is 7. The molecule has 0 unspecified atom stereocenters. The van der Waals surface area contributed by atoms with Gasteiger partial charge in [0, 0.05) is 13.1 Å². The second-order valence-corrected chi connectivity index (χ2v) is 4.12. The summed E-state index contributed by atoms with van der Waals surface area (Å²) >= 11 is 0. The molecular formula is C13H14N4O4. The monoisotopic (exact) mass is 290 g/mol. The Bertz CT molecular complexity index is 675. The Kier molecular flexibility index (Phi) is 4.17. The minimum absolute atomic E-state index is 0.0579. The van der Waals surface area contributed by atoms with Crippen molar-refractivity contribution in [3.05, 3.63) is 40.2 Å². The van der Waals surface area contributed by atoms with E-state index in [0.717, 1.165) is 5.56 Å². The standard InChI is InChI=1S/C13H14N4O4/c1-8-4-5-9(17(18)19)6-10(8)21-13-11(20-3)12(14-2)15-7-16-13/h4-7H,1-3H3,(H,14,15,16). The number of rotatable bonds is 5. The zero-order valence-electron chi connectivity index (χ0n) is 11.8. The van der Waals surface area contributed by atoms with E-state index in [4.69, 9.17) is 9.47 Å². The van der Waals surface area contributed by atoms with Crippen LogP contribution in [0.5, 0.6) is 17.4 Å². The molecule has 8 heteroatoms. The third kappa shape index (κ3) is 2.99. The fourth-order valence-electron chi connectivity index (χ4n) is 1.71. The summed E-state index contributed by atoms with van der Waals surface area (Å²) in [5, 5.41) is 13.7. The van der Waals surface area contributed by atoms with Crippen molar-refractivity contribution in [2.24, 2.45) is 0 Å². The number of anilines is 1. The summed E-state index contributed by atoms with van der Waals surface area (Å²) in [6, 6.07) is 4.37. The quantitative estimate of drug-likeness (QED) is 0.667. The molecule has 0 fully saturated rings. The van der Waals surface area contributed by atoms with Gasteiger partial charge in [0.15, 0.2) is 5.82 Å². The molecule has 1 heterocycles. The number of aromatic nitrogens is 2. The lowest BCUT2D eigenvalue weighted by molar-refractivity contribution is -0.384. The maximum atomic E-state index is 10.8. The number of nitro groups is 1. The molecule has 1 aromatic heterocycles. The highest BCUT2D eigenvalue weighted by Gasteiger charge is 2.16. The van der Waals surface area contributed by atoms with Gasteiger partial charge >= 0.3 is 0 Å². The lowest BCUT2D eigenvalue weighted by atomic mass is 10.2. The predicted octanol–water partition coefficient (Wildman–Crippen LogP) is 2.54. The van der Waals surface area contributed by atoms with Crippen molar-refractivity contribution in [2.45, 2.75) is 6.92 Å². The van der Waals surface area contributed by atoms with Gasteiger partial charge < -0.3 is 14.8 Å². The molecule has 0 aliphatic rings. The number of benzene rings is 1. The summed E-state index contributed by atoms with van der Waals surface area (Å²) in [6.07, 6.45) is 1.32. The van der Waals surface area contributed by atoms with Crippen LogP contribution in [0.15, 0.2) is 24.5 Å². The fraction of sp³-hybridized carbons (Fsp3) is 0.231. The summed E-state index contributed by atoms with van der Waals surface area (Å²) in [5.74, 6) is 1.31. The van der Waals surface area contributed by atoms with E-state index in [-0.39, 0.29) is 11.6 Å². The average Bonchev–Trinajstić information content (AvgIpc) is 2.48. The van der Waals surface area contributed by atoms with Crippen LogP contribution >= 0.6 is 0 Å². The van der Waals surface area contributed by atoms with Crippen LogP contribution in [0, 0.1) is 17.0 Å². The third-order valence-corrected chi connectivity index (χ3v) is 2.80. The van der Waals surface area contributed by atoms with Crippen LogP contribution in [0.3, 0.4) is 0 Å². The van der Waals surface area contributed by atoms with Crippen molar-refractivity contribution >= 4 is 11.5 Å². The van der Waals surface area contributed by atoms with Crippen LogP contribution in [0.25, 0.3) is 0 Å². The summed E-state index contributed by atoms with van der Waals surface area (Å²) in [5.41, 5.74) is 0.685. The van der Waals surface area contributed by atoms with Crippen molar-refractivity contribution in [1.29, 1.82) is 0 Å². The number of hydrogen-bond donors (Lipinski definition) is 1. The normalized spacial score (nSPS) is 10.0. The Labute approximate surface area is 120 Å². The molecule has 2 aromatic rings. The Morgan fingerprint density at radius 1 is 1.33 bits per heavy atom. The number of nitrogens with one attached hydrogen (secondary N) is 1. The SMILES string of the molecule is CNc1ncnc(Oc2cc([N+](=O)[O-])ccc2C)c1OC. The molecule has 2 rings (SSSR count). The average molecular weight is 290 g/mol. The Balaban J connectivity index is 2.43. The molecule has 8 nitrogen and oxygen atoms in total. The fourth-order valence-corrected chi connectivity index (χ4v) is 1.71. The van der Waals surface area contributed by atoms with Gasteiger partial charge in [-0.2, -0.15) is 4.98 Å². The van der Waals surface area contributed by atoms with Gasteiger partial charge in [0.1, 0.15) is 12.1 Å². The first-order valence-corrected chi connectivity index (χ1v) is 6.06. The van der Waals surface area contributed by atoms with Gasteiger partial charge in [0.2, 0.25) is 5.75 Å². The number of nitro benzene ring substituents is 1. The Morgan fingerprint density at radius 3 is 2.71 bits per heavy atom. The molecule has 0 atom stereocenters. The van der Waals surface area contributed by atoms with Gasteiger partial charge in [-0.05, 0) is 18.6 Å². The zero-order chi connectivity index (χ0) is 15.4. The molecule has 0 bridgehead atoms. The van der Waals surface area contributed by atoms with Crippen LogP contribution in [0.4, 0.5) is 11.5 Å². The number of methoxy groups -OCH3 is 1. The highest BCUT2D eigenvalue weighted by atomic mass is 16.6. The summed E-state index contributed by atoms with van der Waals surface area (Å²) < 4.78 is 10.9. The summed E-state index contributed by atoms with van der Waals surface area (Å²) in [4.78, 5) is 18.4. The van der Waals surface area contributed by atoms with Crippen molar-refractivity contribution < 1.29 is 14.4 Å². The van der Waals surface area contributed by atoms with Crippen molar-refractivity contribution in [1.82, 2.24) is 9.97 Å². The molecule has 0 aliphatic heterocycles. The van der Waals surface area contributed by atoms with Gasteiger partial charge in [-0.15, -0.1) is 0 Å². The van der Waals surface area contributed by atoms with Crippen LogP contribution in [-0.4, -0.2) is 29.0 Å². The van der Waals surface area contributed by atoms with Crippen molar-refractivity contribution in [3.63, 3.8) is 0 Å². The van der Waals surface area contributed by atoms with Gasteiger partial charge in [-0.3, -0.25) is 10.1 Å². The Morgan fingerprint density at radius 2 is 2.10 bits per heavy atom. The number of ether oxygens (including phenoxy) is 2. The first-order chi connectivity index (χ1) is 10.1. The van der Waals surface area contributed by atoms with Gasteiger partial charge in [-0.1, -0.05) is 0 Å². The molecule has 1 aromatic carbocycles. The lowest BCUT2D eigenvalue weighted by Crippen LogP contribution is -2.01. The smallest absolute Gasteiger partial charge is 0.273 e. The first-order valence-electron chi connectivity index (χ1n) is 6.06. The maximum Gasteiger partial charge on any atom is 0.273 e. The highest BCUT2D eigenvalue weighted by Crippen LogP contribution is 2.36. The molecule has 0 aliphatic carbocycles. The summed E-state index contributed by atoms with van der Waals surface area (Å²) in [7, 11) is 3.15. The van der Waals surface area contributed by atoms with E-state index in [0.29, 0.717) is 17.3 Å². The molecule has 110 valence electrons. The summed E-state index contributed by atoms with van der Waals surface area (Å²) in [6.45, 7) is 1.78. The predicted molar refractivity (Wildman–Crippen MR) is 76.0 cm³/mol. The number of aryl methyl sites for hydroxylation is 1. The van der Waals surface area contributed by atoms with E-state index in [2.05, 4.69) is 15.3 Å². The van der Waals surface area contributed by atoms with E-state index in [1.807, 2.05) is 0 Å². The van der Waals surface area contributed by atoms with E-state index < -0.39 is 4.92 Å². The molecule has 1 N–H and O–H groups in total. The zero-order valence-corrected chi connectivity index (χ0v) is 11.8. The molecule has 0 spiro atoms. The molecular weight excluding hydrogens is 276 g/mol. The van der Waals surface area contributed by atoms with Crippen LogP contribution < -0.4 is 14.8 Å². The molecule has 0 radical (unpaired) electrons. The maximum absolute atomic E-state index is 10.8. The second kappa shape index (κ2) is 6.04. The second-order valence-electron chi connectivity index (χ2n) is 4.12. The van der Waals surface area contributed by atoms with E-state index in [9.17, 15) is 10.1 Å². The molecule has 0 saturated heterocycles. The lowest BCUT2D eigenvalue weighted by Gasteiger charge is -2.12. The van der Waals surface area contributed by atoms with E-state index in [1.165, 1.54) is 25.6 Å². The Hall–Kier alpha value is -2.90. The highest BCUT2D eigenvalue weighted by molar-refractivity contribution is 5.56. The van der Waals surface area contributed by atoms with Crippen LogP contribution in [0.1, 0.15) is 5.56 Å². The molecule has 0 saturated carbocycles. The van der Waals surface area contributed by atoms with Crippen LogP contribution in [-0.2, 0) is 0 Å². The third-order valence-electron chi connectivity index (χ3n) is 2.80. The van der Waals surface area contributed by atoms with Gasteiger partial charge in [-0.25, -0.2) is 4.98 Å². The minimum Gasteiger partial charge on any atom is -0.489 e. The van der Waals surface area contributed by atoms with Crippen LogP contribution in [0.2, 0.25) is 0 Å². The van der Waals surface area contributed by atoms with Gasteiger partial charge in [0.25, 0.3) is 11.6 Å². The van der Waals surface area contributed by atoms with Gasteiger partial charge in [0.05, 0.1) is 18.1 Å². The number of nitrogens with zero attached hydrogens (tertiary/aromatic N) is 3. The molecule has 0 amide bonds. The topological polar surface area (TPSA) is 99.4 Å².